The molecule has 0 spiro atoms. The van der Waals surface area contributed by atoms with Crippen molar-refractivity contribution in [2.24, 2.45) is 17.4 Å². The predicted octanol–water partition coefficient (Wildman–Crippen LogP) is -0.492. The summed E-state index contributed by atoms with van der Waals surface area (Å²) in [4.78, 5) is 85.7. The Morgan fingerprint density at radius 3 is 1.88 bits per heavy atom. The van der Waals surface area contributed by atoms with E-state index >= 15 is 0 Å². The molecule has 0 aliphatic carbocycles. The topological polar surface area (TPSA) is 284 Å². The van der Waals surface area contributed by atoms with Crippen molar-refractivity contribution in [1.82, 2.24) is 36.6 Å². The van der Waals surface area contributed by atoms with Gasteiger partial charge in [0.05, 0.1) is 18.1 Å². The first-order valence-electron chi connectivity index (χ1n) is 17.2. The Kier molecular flexibility index (Phi) is 18.0. The van der Waals surface area contributed by atoms with Gasteiger partial charge >= 0.3 is 5.97 Å². The molecule has 52 heavy (non-hydrogen) atoms. The highest BCUT2D eigenvalue weighted by Gasteiger charge is 2.33. The highest BCUT2D eigenvalue weighted by molar-refractivity contribution is 5.96. The molecule has 0 aliphatic rings. The number of aromatic nitrogens is 2. The van der Waals surface area contributed by atoms with Gasteiger partial charge in [0, 0.05) is 19.0 Å². The maximum Gasteiger partial charge on any atom is 0.326 e. The first kappa shape index (κ1) is 42.9. The summed E-state index contributed by atoms with van der Waals surface area (Å²) in [7, 11) is 0. The number of phenolic OH excluding ortho intramolecular Hbond substituents is 1. The summed E-state index contributed by atoms with van der Waals surface area (Å²) in [5, 5.41) is 32.5. The van der Waals surface area contributed by atoms with Crippen LogP contribution in [0, 0.1) is 5.92 Å². The van der Waals surface area contributed by atoms with Crippen molar-refractivity contribution in [3.05, 3.63) is 60.7 Å². The number of carbonyl (C=O) groups is 6. The Morgan fingerprint density at radius 2 is 1.35 bits per heavy atom. The second kappa shape index (κ2) is 21.8. The predicted molar refractivity (Wildman–Crippen MR) is 192 cm³/mol. The number of phenols is 1. The molecule has 0 saturated heterocycles. The fourth-order valence-corrected chi connectivity index (χ4v) is 5.14. The number of carboxylic acids is 1. The number of aromatic hydroxyl groups is 1. The van der Waals surface area contributed by atoms with Gasteiger partial charge in [0.25, 0.3) is 0 Å². The van der Waals surface area contributed by atoms with Crippen LogP contribution in [0.25, 0.3) is 0 Å². The van der Waals surface area contributed by atoms with Crippen molar-refractivity contribution < 1.29 is 39.0 Å². The van der Waals surface area contributed by atoms with Crippen molar-refractivity contribution in [3.63, 3.8) is 0 Å². The summed E-state index contributed by atoms with van der Waals surface area (Å²) in [6.45, 7) is 9.09. The van der Waals surface area contributed by atoms with E-state index in [9.17, 15) is 39.0 Å². The molecule has 286 valence electrons. The van der Waals surface area contributed by atoms with Gasteiger partial charge in [0.15, 0.2) is 0 Å². The number of H-pyrrole nitrogens is 1. The molecule has 0 unspecified atom stereocenters. The molecule has 2 rings (SSSR count). The quantitative estimate of drug-likeness (QED) is 0.0515. The van der Waals surface area contributed by atoms with Crippen LogP contribution in [0.5, 0.6) is 5.75 Å². The molecule has 0 bridgehead atoms. The van der Waals surface area contributed by atoms with E-state index in [4.69, 9.17) is 11.5 Å². The number of unbranched alkanes of at least 4 members (excludes halogenated alkanes) is 1. The SMILES string of the molecule is C=CC[C@H](NC(=O)[C@H](CCCCN)NC(=O)[C@H](Cc1c[nH]cn1)NC(=O)[C@H](C)N)C(=O)N[C@@H](Cc1ccc(O)cc1)C(=O)N[C@@H](CC(C)C)C(=O)O. The van der Waals surface area contributed by atoms with Crippen molar-refractivity contribution >= 4 is 35.5 Å². The number of hydrogen-bond acceptors (Lipinski definition) is 10. The zero-order valence-electron chi connectivity index (χ0n) is 29.9. The number of benzene rings is 1. The molecule has 17 heteroatoms. The third-order valence-electron chi connectivity index (χ3n) is 7.96. The number of aliphatic carboxylic acids is 1. The van der Waals surface area contributed by atoms with Crippen molar-refractivity contribution in [2.45, 2.75) is 102 Å². The second-order valence-electron chi connectivity index (χ2n) is 13.0. The molecule has 17 nitrogen and oxygen atoms in total. The standard InChI is InChI=1S/C35H53N9O8/c1-5-8-25(31(47)43-27(16-22-10-12-24(45)13-11-22)33(49)44-29(35(51)52)15-20(2)3)40-32(48)26(9-6-7-14-36)41-34(50)28(42-30(46)21(4)37)17-23-18-38-19-39-23/h5,10-13,18-21,25-29,45H,1,6-9,14-17,36-37H2,2-4H3,(H,38,39)(H,40,48)(H,41,50)(H,42,46)(H,43,47)(H,44,49)(H,51,52)/t21-,25-,26-,27-,28-,29-/m0/s1. The number of hydrogen-bond donors (Lipinski definition) is 10. The number of imidazole rings is 1. The monoisotopic (exact) mass is 727 g/mol. The van der Waals surface area contributed by atoms with Crippen LogP contribution in [0.3, 0.4) is 0 Å². The normalized spacial score (nSPS) is 14.5. The largest absolute Gasteiger partial charge is 0.508 e. The number of amides is 5. The molecule has 1 aromatic carbocycles. The van der Waals surface area contributed by atoms with Crippen LogP contribution in [0.4, 0.5) is 0 Å². The van der Waals surface area contributed by atoms with Gasteiger partial charge in [0.2, 0.25) is 29.5 Å². The van der Waals surface area contributed by atoms with E-state index in [1.807, 2.05) is 13.8 Å². The maximum atomic E-state index is 13.7. The van der Waals surface area contributed by atoms with Gasteiger partial charge in [-0.25, -0.2) is 9.78 Å². The number of rotatable bonds is 23. The second-order valence-corrected chi connectivity index (χ2v) is 13.0. The van der Waals surface area contributed by atoms with E-state index in [1.165, 1.54) is 31.5 Å². The molecule has 0 fully saturated rings. The van der Waals surface area contributed by atoms with Gasteiger partial charge in [-0.05, 0) is 69.2 Å². The van der Waals surface area contributed by atoms with E-state index in [0.29, 0.717) is 30.6 Å². The Morgan fingerprint density at radius 1 is 0.808 bits per heavy atom. The van der Waals surface area contributed by atoms with Crippen LogP contribution in [-0.4, -0.2) is 98.5 Å². The van der Waals surface area contributed by atoms with E-state index in [-0.39, 0.29) is 43.8 Å². The number of nitrogens with one attached hydrogen (secondary N) is 6. The summed E-state index contributed by atoms with van der Waals surface area (Å²) in [6.07, 6.45) is 5.51. The zero-order chi connectivity index (χ0) is 38.8. The fourth-order valence-electron chi connectivity index (χ4n) is 5.14. The van der Waals surface area contributed by atoms with Gasteiger partial charge < -0.3 is 53.2 Å². The minimum Gasteiger partial charge on any atom is -0.508 e. The smallest absolute Gasteiger partial charge is 0.326 e. The molecular formula is C35H53N9O8. The Bertz CT molecular complexity index is 1480. The molecule has 12 N–H and O–H groups in total. The number of nitrogens with zero attached hydrogens (tertiary/aromatic N) is 1. The van der Waals surface area contributed by atoms with E-state index in [2.05, 4.69) is 43.1 Å². The lowest BCUT2D eigenvalue weighted by Gasteiger charge is -2.27. The highest BCUT2D eigenvalue weighted by atomic mass is 16.4. The van der Waals surface area contributed by atoms with Crippen LogP contribution in [-0.2, 0) is 41.6 Å². The third kappa shape index (κ3) is 14.9. The van der Waals surface area contributed by atoms with Crippen LogP contribution < -0.4 is 38.1 Å². The van der Waals surface area contributed by atoms with Crippen LogP contribution in [0.2, 0.25) is 0 Å². The molecule has 0 saturated carbocycles. The van der Waals surface area contributed by atoms with Gasteiger partial charge in [-0.2, -0.15) is 0 Å². The number of carbonyl (C=O) groups excluding carboxylic acids is 5. The first-order valence-corrected chi connectivity index (χ1v) is 17.2. The Hall–Kier alpha value is -5.29. The van der Waals surface area contributed by atoms with E-state index < -0.39 is 71.8 Å². The number of carboxylic acid groups (broad SMARTS) is 1. The highest BCUT2D eigenvalue weighted by Crippen LogP contribution is 2.13. The van der Waals surface area contributed by atoms with E-state index in [0.717, 1.165) is 0 Å². The third-order valence-corrected chi connectivity index (χ3v) is 7.96. The molecule has 1 aromatic heterocycles. The molecule has 1 heterocycles. The summed E-state index contributed by atoms with van der Waals surface area (Å²) in [5.74, 6) is -4.83. The van der Waals surface area contributed by atoms with Gasteiger partial charge in [-0.15, -0.1) is 6.58 Å². The molecule has 6 atom stereocenters. The van der Waals surface area contributed by atoms with Gasteiger partial charge in [-0.3, -0.25) is 24.0 Å². The van der Waals surface area contributed by atoms with Crippen LogP contribution in [0.15, 0.2) is 49.4 Å². The molecule has 0 aliphatic heterocycles. The lowest BCUT2D eigenvalue weighted by molar-refractivity contribution is -0.142. The Balaban J connectivity index is 2.32. The molecule has 5 amide bonds. The Labute approximate surface area is 303 Å². The fraction of sp³-hybridized carbons (Fsp3) is 0.514. The molecular weight excluding hydrogens is 674 g/mol. The first-order chi connectivity index (χ1) is 24.6. The number of aromatic amines is 1. The lowest BCUT2D eigenvalue weighted by atomic mass is 10.0. The van der Waals surface area contributed by atoms with Gasteiger partial charge in [-0.1, -0.05) is 32.1 Å². The lowest BCUT2D eigenvalue weighted by Crippen LogP contribution is -2.59. The number of nitrogens with two attached hydrogens (primary N) is 2. The maximum absolute atomic E-state index is 13.7. The van der Waals surface area contributed by atoms with Crippen LogP contribution in [0.1, 0.15) is 64.1 Å². The minimum atomic E-state index is -1.27. The van der Waals surface area contributed by atoms with Crippen molar-refractivity contribution in [2.75, 3.05) is 6.54 Å². The van der Waals surface area contributed by atoms with E-state index in [1.54, 1.807) is 18.3 Å². The molecule has 0 radical (unpaired) electrons. The summed E-state index contributed by atoms with van der Waals surface area (Å²) in [5.41, 5.74) is 12.4. The summed E-state index contributed by atoms with van der Waals surface area (Å²) >= 11 is 0. The van der Waals surface area contributed by atoms with Crippen molar-refractivity contribution in [3.8, 4) is 5.75 Å². The average molecular weight is 728 g/mol. The zero-order valence-corrected chi connectivity index (χ0v) is 29.9. The average Bonchev–Trinajstić information content (AvgIpc) is 3.60. The summed E-state index contributed by atoms with van der Waals surface area (Å²) in [6, 6.07) is -1.03. The minimum absolute atomic E-state index is 0.00316. The van der Waals surface area contributed by atoms with Gasteiger partial charge in [0.1, 0.15) is 36.0 Å². The molecule has 2 aromatic rings. The summed E-state index contributed by atoms with van der Waals surface area (Å²) < 4.78 is 0. The van der Waals surface area contributed by atoms with Crippen molar-refractivity contribution in [1.29, 1.82) is 0 Å². The van der Waals surface area contributed by atoms with Crippen LogP contribution >= 0.6 is 0 Å².